The number of aromatic nitrogens is 2. The van der Waals surface area contributed by atoms with E-state index < -0.39 is 0 Å². The van der Waals surface area contributed by atoms with E-state index in [1.165, 1.54) is 16.8 Å². The summed E-state index contributed by atoms with van der Waals surface area (Å²) in [7, 11) is 0. The van der Waals surface area contributed by atoms with Gasteiger partial charge < -0.3 is 5.32 Å². The van der Waals surface area contributed by atoms with Crippen LogP contribution >= 0.6 is 15.9 Å². The van der Waals surface area contributed by atoms with E-state index in [0.717, 1.165) is 29.7 Å². The van der Waals surface area contributed by atoms with Crippen LogP contribution in [0.15, 0.2) is 28.9 Å². The van der Waals surface area contributed by atoms with Crippen molar-refractivity contribution >= 4 is 15.9 Å². The smallest absolute Gasteiger partial charge is 0.0678 e. The van der Waals surface area contributed by atoms with Gasteiger partial charge in [0.2, 0.25) is 0 Å². The van der Waals surface area contributed by atoms with Crippen LogP contribution in [0.25, 0.3) is 5.69 Å². The van der Waals surface area contributed by atoms with Crippen LogP contribution in [0.3, 0.4) is 0 Å². The molecule has 0 spiro atoms. The first-order valence-electron chi connectivity index (χ1n) is 7.56. The van der Waals surface area contributed by atoms with Crippen LogP contribution in [-0.2, 0) is 13.0 Å². The van der Waals surface area contributed by atoms with Gasteiger partial charge in [0.1, 0.15) is 0 Å². The Balaban J connectivity index is 2.26. The first-order valence-corrected chi connectivity index (χ1v) is 8.35. The summed E-state index contributed by atoms with van der Waals surface area (Å²) in [6, 6.07) is 6.32. The molecule has 1 N–H and O–H groups in total. The van der Waals surface area contributed by atoms with Crippen molar-refractivity contribution in [1.29, 1.82) is 0 Å². The number of aryl methyl sites for hydroxylation is 1. The summed E-state index contributed by atoms with van der Waals surface area (Å²) in [6.07, 6.45) is 2.97. The molecule has 0 fully saturated rings. The van der Waals surface area contributed by atoms with Gasteiger partial charge in [0, 0.05) is 22.3 Å². The Hall–Kier alpha value is -1.13. The Kier molecular flexibility index (Phi) is 5.59. The van der Waals surface area contributed by atoms with Gasteiger partial charge in [-0.2, -0.15) is 5.10 Å². The number of benzene rings is 1. The summed E-state index contributed by atoms with van der Waals surface area (Å²) in [5.41, 5.74) is 4.96. The maximum absolute atomic E-state index is 4.61. The minimum Gasteiger partial charge on any atom is -0.312 e. The summed E-state index contributed by atoms with van der Waals surface area (Å²) < 4.78 is 3.18. The van der Waals surface area contributed by atoms with Gasteiger partial charge >= 0.3 is 0 Å². The van der Waals surface area contributed by atoms with Crippen molar-refractivity contribution in [2.24, 2.45) is 5.92 Å². The summed E-state index contributed by atoms with van der Waals surface area (Å²) in [5.74, 6) is 0.666. The summed E-state index contributed by atoms with van der Waals surface area (Å²) in [5, 5.41) is 8.11. The Morgan fingerprint density at radius 3 is 2.71 bits per heavy atom. The zero-order valence-electron chi connectivity index (χ0n) is 13.3. The molecule has 1 aromatic carbocycles. The van der Waals surface area contributed by atoms with E-state index >= 15 is 0 Å². The fourth-order valence-corrected chi connectivity index (χ4v) is 2.97. The number of hydrogen-bond donors (Lipinski definition) is 1. The molecule has 2 rings (SSSR count). The molecule has 0 radical (unpaired) electrons. The molecule has 0 saturated carbocycles. The van der Waals surface area contributed by atoms with Crippen LogP contribution in [0.5, 0.6) is 0 Å². The Morgan fingerprint density at radius 1 is 1.33 bits per heavy atom. The standard InChI is InChI=1S/C17H24BrN3/c1-5-16-14(10-19-9-12(2)3)11-20-21(16)17-7-6-15(18)8-13(17)4/h6-8,11-12,19H,5,9-10H2,1-4H3. The van der Waals surface area contributed by atoms with E-state index in [9.17, 15) is 0 Å². The van der Waals surface area contributed by atoms with Gasteiger partial charge in [-0.1, -0.05) is 36.7 Å². The van der Waals surface area contributed by atoms with Crippen molar-refractivity contribution in [2.45, 2.75) is 40.7 Å². The topological polar surface area (TPSA) is 29.9 Å². The SMILES string of the molecule is CCc1c(CNCC(C)C)cnn1-c1ccc(Br)cc1C. The van der Waals surface area contributed by atoms with Gasteiger partial charge in [0.15, 0.2) is 0 Å². The molecule has 0 saturated heterocycles. The molecule has 1 heterocycles. The van der Waals surface area contributed by atoms with Gasteiger partial charge in [-0.3, -0.25) is 0 Å². The van der Waals surface area contributed by atoms with Crippen molar-refractivity contribution in [3.05, 3.63) is 45.7 Å². The molecular formula is C17H24BrN3. The van der Waals surface area contributed by atoms with E-state index in [1.54, 1.807) is 0 Å². The third-order valence-corrected chi connectivity index (χ3v) is 4.04. The lowest BCUT2D eigenvalue weighted by atomic mass is 10.1. The fourth-order valence-electron chi connectivity index (χ4n) is 2.49. The highest BCUT2D eigenvalue weighted by atomic mass is 79.9. The summed E-state index contributed by atoms with van der Waals surface area (Å²) in [4.78, 5) is 0. The zero-order chi connectivity index (χ0) is 15.4. The molecule has 0 aliphatic carbocycles. The summed E-state index contributed by atoms with van der Waals surface area (Å²) >= 11 is 3.52. The molecule has 0 bridgehead atoms. The average molecular weight is 350 g/mol. The molecule has 2 aromatic rings. The van der Waals surface area contributed by atoms with Crippen LogP contribution in [0.2, 0.25) is 0 Å². The number of hydrogen-bond acceptors (Lipinski definition) is 2. The molecule has 114 valence electrons. The highest BCUT2D eigenvalue weighted by molar-refractivity contribution is 9.10. The van der Waals surface area contributed by atoms with Crippen LogP contribution in [0, 0.1) is 12.8 Å². The normalized spacial score (nSPS) is 11.3. The second kappa shape index (κ2) is 7.23. The lowest BCUT2D eigenvalue weighted by molar-refractivity contribution is 0.551. The monoisotopic (exact) mass is 349 g/mol. The van der Waals surface area contributed by atoms with Crippen molar-refractivity contribution in [3.63, 3.8) is 0 Å². The molecule has 4 heteroatoms. The predicted octanol–water partition coefficient (Wildman–Crippen LogP) is 4.25. The van der Waals surface area contributed by atoms with Crippen molar-refractivity contribution in [2.75, 3.05) is 6.54 Å². The first kappa shape index (κ1) is 16.2. The third-order valence-electron chi connectivity index (χ3n) is 3.55. The van der Waals surface area contributed by atoms with Crippen LogP contribution in [0.1, 0.15) is 37.6 Å². The predicted molar refractivity (Wildman–Crippen MR) is 91.9 cm³/mol. The maximum atomic E-state index is 4.61. The van der Waals surface area contributed by atoms with E-state index in [-0.39, 0.29) is 0 Å². The van der Waals surface area contributed by atoms with Crippen molar-refractivity contribution in [3.8, 4) is 5.69 Å². The van der Waals surface area contributed by atoms with Gasteiger partial charge in [-0.15, -0.1) is 0 Å². The quantitative estimate of drug-likeness (QED) is 0.844. The lowest BCUT2D eigenvalue weighted by Crippen LogP contribution is -2.19. The highest BCUT2D eigenvalue weighted by Crippen LogP contribution is 2.22. The molecule has 1 aromatic heterocycles. The first-order chi connectivity index (χ1) is 10.0. The van der Waals surface area contributed by atoms with Gasteiger partial charge in [0.05, 0.1) is 11.9 Å². The van der Waals surface area contributed by atoms with Gasteiger partial charge in [-0.25, -0.2) is 4.68 Å². The van der Waals surface area contributed by atoms with Crippen LogP contribution < -0.4 is 5.32 Å². The molecule has 21 heavy (non-hydrogen) atoms. The van der Waals surface area contributed by atoms with E-state index in [4.69, 9.17) is 0 Å². The third kappa shape index (κ3) is 3.95. The maximum Gasteiger partial charge on any atom is 0.0678 e. The largest absolute Gasteiger partial charge is 0.312 e. The Labute approximate surface area is 135 Å². The minimum atomic E-state index is 0.666. The van der Waals surface area contributed by atoms with Crippen LogP contribution in [0.4, 0.5) is 0 Å². The van der Waals surface area contributed by atoms with Gasteiger partial charge in [-0.05, 0) is 49.6 Å². The van der Waals surface area contributed by atoms with E-state index in [0.29, 0.717) is 5.92 Å². The molecule has 0 unspecified atom stereocenters. The minimum absolute atomic E-state index is 0.666. The molecule has 0 aliphatic heterocycles. The highest BCUT2D eigenvalue weighted by Gasteiger charge is 2.12. The van der Waals surface area contributed by atoms with Crippen molar-refractivity contribution in [1.82, 2.24) is 15.1 Å². The molecular weight excluding hydrogens is 326 g/mol. The molecule has 3 nitrogen and oxygen atoms in total. The second-order valence-corrected chi connectivity index (χ2v) is 6.75. The summed E-state index contributed by atoms with van der Waals surface area (Å²) in [6.45, 7) is 10.7. The number of nitrogens with zero attached hydrogens (tertiary/aromatic N) is 2. The number of rotatable bonds is 6. The molecule has 0 aliphatic rings. The number of nitrogens with one attached hydrogen (secondary N) is 1. The van der Waals surface area contributed by atoms with Crippen molar-refractivity contribution < 1.29 is 0 Å². The zero-order valence-corrected chi connectivity index (χ0v) is 14.9. The number of halogens is 1. The average Bonchev–Trinajstić information content (AvgIpc) is 2.81. The lowest BCUT2D eigenvalue weighted by Gasteiger charge is -2.12. The van der Waals surface area contributed by atoms with Crippen LogP contribution in [-0.4, -0.2) is 16.3 Å². The van der Waals surface area contributed by atoms with Gasteiger partial charge in [0.25, 0.3) is 0 Å². The molecule has 0 atom stereocenters. The van der Waals surface area contributed by atoms with E-state index in [2.05, 4.69) is 76.9 Å². The Morgan fingerprint density at radius 2 is 2.10 bits per heavy atom. The Bertz CT molecular complexity index is 602. The molecule has 0 amide bonds. The second-order valence-electron chi connectivity index (χ2n) is 5.84. The van der Waals surface area contributed by atoms with E-state index in [1.807, 2.05) is 6.20 Å². The fraction of sp³-hybridized carbons (Fsp3) is 0.471.